The molecule has 59 heavy (non-hydrogen) atoms. The first-order valence-corrected chi connectivity index (χ1v) is 20.1. The Balaban J connectivity index is 0.000000231. The highest BCUT2D eigenvalue weighted by Gasteiger charge is 2.61. The Labute approximate surface area is 358 Å². The number of amides is 4. The molecule has 1 aliphatic heterocycles. The van der Waals surface area contributed by atoms with Gasteiger partial charge in [0.2, 0.25) is 24.6 Å². The van der Waals surface area contributed by atoms with Crippen molar-refractivity contribution in [2.24, 2.45) is 11.8 Å². The van der Waals surface area contributed by atoms with Gasteiger partial charge in [0.15, 0.2) is 5.43 Å². The van der Waals surface area contributed by atoms with Crippen molar-refractivity contribution in [1.82, 2.24) is 30.4 Å². The van der Waals surface area contributed by atoms with Crippen molar-refractivity contribution < 1.29 is 32.8 Å². The van der Waals surface area contributed by atoms with Crippen LogP contribution in [0.5, 0.6) is 5.75 Å². The number of nitrogens with zero attached hydrogens (tertiary/aromatic N) is 2. The molecule has 1 aromatic heterocycles. The van der Waals surface area contributed by atoms with Crippen LogP contribution in [0, 0.1) is 11.8 Å². The van der Waals surface area contributed by atoms with Crippen LogP contribution in [0.15, 0.2) is 84.7 Å². The van der Waals surface area contributed by atoms with E-state index in [1.165, 1.54) is 4.41 Å². The first-order chi connectivity index (χ1) is 27.7. The molecule has 0 bridgehead atoms. The average Bonchev–Trinajstić information content (AvgIpc) is 4.18. The molecule has 3 saturated carbocycles. The number of rotatable bonds is 14. The molecule has 4 unspecified atom stereocenters. The molecule has 14 nitrogen and oxygen atoms in total. The fourth-order valence-electron chi connectivity index (χ4n) is 6.13. The van der Waals surface area contributed by atoms with Crippen LogP contribution >= 0.6 is 25.7 Å². The maximum atomic E-state index is 12.9. The molecule has 2 heterocycles. The fraction of sp³-hybridized carbons (Fsp3) is 0.465. The molecule has 3 aliphatic carbocycles. The molecule has 1 saturated heterocycles. The summed E-state index contributed by atoms with van der Waals surface area (Å²) >= 11 is 1.16. The van der Waals surface area contributed by atoms with E-state index in [-0.39, 0.29) is 48.3 Å². The highest BCUT2D eigenvalue weighted by molar-refractivity contribution is 7.92. The number of H-pyrrole nitrogens is 1. The Morgan fingerprint density at radius 3 is 2.25 bits per heavy atom. The maximum Gasteiger partial charge on any atom is 0.249 e. The number of likely N-dealkylation sites (tertiary alicyclic amines) is 1. The lowest BCUT2D eigenvalue weighted by Crippen LogP contribution is -2.54. The number of nitrogens with one attached hydrogen (secondary N) is 4. The molecule has 0 radical (unpaired) electrons. The number of aromatic nitrogens is 1. The summed E-state index contributed by atoms with van der Waals surface area (Å²) < 4.78 is 16.8. The van der Waals surface area contributed by atoms with Crippen molar-refractivity contribution in [3.05, 3.63) is 90.1 Å². The molecule has 0 spiro atoms. The monoisotopic (exact) mass is 852 g/mol. The second kappa shape index (κ2) is 22.7. The van der Waals surface area contributed by atoms with E-state index in [0.29, 0.717) is 49.6 Å². The van der Waals surface area contributed by atoms with Crippen LogP contribution in [0.25, 0.3) is 22.2 Å². The zero-order valence-electron chi connectivity index (χ0n) is 34.8. The van der Waals surface area contributed by atoms with Crippen molar-refractivity contribution in [2.45, 2.75) is 88.6 Å². The Morgan fingerprint density at radius 1 is 1.02 bits per heavy atom. The zero-order chi connectivity index (χ0) is 42.5. The quantitative estimate of drug-likeness (QED) is 0.0540. The largest absolute Gasteiger partial charge is 0.497 e. The Morgan fingerprint density at radius 2 is 1.71 bits per heavy atom. The Hall–Kier alpha value is -4.61. The number of benzene rings is 2. The topological polar surface area (TPSA) is 171 Å². The van der Waals surface area contributed by atoms with Crippen LogP contribution in [-0.2, 0) is 28.1 Å². The second-order valence-electron chi connectivity index (χ2n) is 15.4. The maximum absolute atomic E-state index is 12.9. The summed E-state index contributed by atoms with van der Waals surface area (Å²) in [4.78, 5) is 63.1. The molecular formula is C43H60N6O8S2. The minimum Gasteiger partial charge on any atom is -0.497 e. The van der Waals surface area contributed by atoms with Gasteiger partial charge in [-0.25, -0.2) is 0 Å². The summed E-state index contributed by atoms with van der Waals surface area (Å²) in [6.07, 6.45) is 10.3. The Bertz CT molecular complexity index is 1940. The minimum absolute atomic E-state index is 0. The van der Waals surface area contributed by atoms with E-state index in [4.69, 9.17) is 13.7 Å². The number of hydrazine groups is 1. The highest BCUT2D eigenvalue weighted by atomic mass is 32.2. The molecular weight excluding hydrogens is 793 g/mol. The first-order valence-electron chi connectivity index (χ1n) is 19.4. The minimum atomic E-state index is -0.893. The predicted molar refractivity (Wildman–Crippen MR) is 238 cm³/mol. The van der Waals surface area contributed by atoms with E-state index in [9.17, 15) is 24.0 Å². The third-order valence-corrected chi connectivity index (χ3v) is 10.8. The van der Waals surface area contributed by atoms with E-state index in [2.05, 4.69) is 34.2 Å². The van der Waals surface area contributed by atoms with Crippen molar-refractivity contribution in [2.75, 3.05) is 27.8 Å². The van der Waals surface area contributed by atoms with Gasteiger partial charge in [-0.05, 0) is 82.9 Å². The van der Waals surface area contributed by atoms with Crippen LogP contribution in [0.3, 0.4) is 0 Å². The smallest absolute Gasteiger partial charge is 0.249 e. The zero-order valence-corrected chi connectivity index (χ0v) is 36.6. The van der Waals surface area contributed by atoms with Crippen LogP contribution in [0.4, 0.5) is 0 Å². The number of fused-ring (bicyclic) bond motifs is 1. The average molecular weight is 853 g/mol. The van der Waals surface area contributed by atoms with Crippen LogP contribution in [0.2, 0.25) is 0 Å². The van der Waals surface area contributed by atoms with Crippen molar-refractivity contribution >= 4 is 61.3 Å². The van der Waals surface area contributed by atoms with Gasteiger partial charge >= 0.3 is 0 Å². The SMILES string of the molecule is C=CC1CC1(NC=O)C(=O)N1CCCC1C(=O)NC1C[C@H]1C=C.CN(NC=O)SOC1CC1.COC(C)(C)C.COc1ccc2c(=O)cc(-c3ccccc3)[nH]c2c1.S. The number of ether oxygens (including phenoxy) is 2. The summed E-state index contributed by atoms with van der Waals surface area (Å²) in [5.74, 6) is 0.762. The molecule has 322 valence electrons. The summed E-state index contributed by atoms with van der Waals surface area (Å²) in [6.45, 7) is 14.1. The third-order valence-electron chi connectivity index (χ3n) is 10.1. The van der Waals surface area contributed by atoms with E-state index in [1.807, 2.05) is 63.2 Å². The number of methoxy groups -OCH3 is 2. The predicted octanol–water partition coefficient (Wildman–Crippen LogP) is 5.43. The Kier molecular flexibility index (Phi) is 18.7. The summed E-state index contributed by atoms with van der Waals surface area (Å²) in [5, 5.41) is 6.32. The number of pyridine rings is 1. The number of aromatic amines is 1. The van der Waals surface area contributed by atoms with Crippen molar-refractivity contribution in [3.8, 4) is 17.0 Å². The van der Waals surface area contributed by atoms with Gasteiger partial charge in [-0.2, -0.15) is 13.5 Å². The molecule has 7 rings (SSSR count). The van der Waals surface area contributed by atoms with Crippen LogP contribution in [0.1, 0.15) is 59.3 Å². The first kappa shape index (κ1) is 48.8. The van der Waals surface area contributed by atoms with E-state index < -0.39 is 11.6 Å². The molecule has 3 aromatic rings. The molecule has 5 atom stereocenters. The van der Waals surface area contributed by atoms with Gasteiger partial charge < -0.3 is 30.0 Å². The fourth-order valence-corrected chi connectivity index (χ4v) is 6.66. The number of carbonyl (C=O) groups is 4. The molecule has 4 fully saturated rings. The lowest BCUT2D eigenvalue weighted by molar-refractivity contribution is -0.141. The van der Waals surface area contributed by atoms with E-state index in [1.54, 1.807) is 50.4 Å². The van der Waals surface area contributed by atoms with Crippen LogP contribution in [-0.4, -0.2) is 96.1 Å². The lowest BCUT2D eigenvalue weighted by Gasteiger charge is -2.28. The molecule has 16 heteroatoms. The molecule has 4 aliphatic rings. The lowest BCUT2D eigenvalue weighted by atomic mass is 10.1. The summed E-state index contributed by atoms with van der Waals surface area (Å²) in [5.41, 5.74) is 4.16. The van der Waals surface area contributed by atoms with Crippen LogP contribution < -0.4 is 26.2 Å². The summed E-state index contributed by atoms with van der Waals surface area (Å²) in [6, 6.07) is 16.5. The van der Waals surface area contributed by atoms with E-state index >= 15 is 0 Å². The van der Waals surface area contributed by atoms with Gasteiger partial charge in [-0.15, -0.1) is 17.6 Å². The van der Waals surface area contributed by atoms with Gasteiger partial charge in [-0.1, -0.05) is 42.5 Å². The van der Waals surface area contributed by atoms with Crippen molar-refractivity contribution in [1.29, 1.82) is 0 Å². The van der Waals surface area contributed by atoms with Gasteiger partial charge in [0, 0.05) is 55.9 Å². The highest BCUT2D eigenvalue weighted by Crippen LogP contribution is 2.46. The standard InChI is InChI=1S/C17H23N3O3.C16H13NO2.C5H10N2O2S.C5H12O.H2S/c1-3-11-8-13(11)19-15(22)14-6-5-7-20(14)16(23)17(18-10-21)9-12(17)4-2;1-19-12-7-8-13-15(9-12)17-14(10-16(13)18)11-5-3-2-4-6-11;1-7(6-4-8)10-9-5-2-3-5;1-5(2,3)6-4;/h3-4,10-14H,1-2,5-9H2,(H,18,21)(H,19,22);2-10H,1H3,(H,17,18);4-5H,2-3H2,1H3,(H,6,8);1-4H3;1H2/t11-,12?,13?,14?,17?;;;;/m1..../s1. The van der Waals surface area contributed by atoms with Gasteiger partial charge in [0.05, 0.1) is 24.3 Å². The second-order valence-corrected chi connectivity index (χ2v) is 16.3. The molecule has 4 amide bonds. The molecule has 2 aromatic carbocycles. The van der Waals surface area contributed by atoms with Gasteiger partial charge in [-0.3, -0.25) is 33.6 Å². The van der Waals surface area contributed by atoms with Gasteiger partial charge in [0.1, 0.15) is 29.6 Å². The van der Waals surface area contributed by atoms with Gasteiger partial charge in [0.25, 0.3) is 0 Å². The third kappa shape index (κ3) is 14.3. The van der Waals surface area contributed by atoms with E-state index in [0.717, 1.165) is 60.4 Å². The number of carbonyl (C=O) groups excluding carboxylic acids is 4. The number of hydrogen-bond donors (Lipinski definition) is 4. The molecule has 4 N–H and O–H groups in total. The van der Waals surface area contributed by atoms with Crippen molar-refractivity contribution in [3.63, 3.8) is 0 Å². The number of hydrogen-bond acceptors (Lipinski definition) is 10. The normalized spacial score (nSPS) is 22.3. The summed E-state index contributed by atoms with van der Waals surface area (Å²) in [7, 11) is 5.04.